The van der Waals surface area contributed by atoms with E-state index in [2.05, 4.69) is 9.82 Å². The average molecular weight is 381 g/mol. The van der Waals surface area contributed by atoms with Crippen LogP contribution < -0.4 is 5.09 Å². The Labute approximate surface area is 146 Å². The Morgan fingerprint density at radius 2 is 2.04 bits per heavy atom. The number of nitrogens with one attached hydrogen (secondary N) is 1. The maximum Gasteiger partial charge on any atom is 0.327 e. The van der Waals surface area contributed by atoms with E-state index < -0.39 is 18.7 Å². The molecule has 0 aliphatic carbocycles. The van der Waals surface area contributed by atoms with Gasteiger partial charge in [0.2, 0.25) is 0 Å². The molecule has 0 radical (unpaired) electrons. The molecule has 0 aliphatic rings. The number of hydrogen-bond donors (Lipinski definition) is 1. The SMILES string of the molecule is CCOP(=O)(NCC(=O)OC(C)C)SCCN(C#N)CC(=O)OC. The molecule has 0 spiro atoms. The van der Waals surface area contributed by atoms with Crippen molar-refractivity contribution >= 4 is 30.0 Å². The first-order valence-electron chi connectivity index (χ1n) is 7.31. The molecule has 1 N–H and O–H groups in total. The van der Waals surface area contributed by atoms with Crippen LogP contribution in [0.25, 0.3) is 0 Å². The minimum atomic E-state index is -3.31. The third kappa shape index (κ3) is 10.5. The van der Waals surface area contributed by atoms with Crippen LogP contribution in [0.1, 0.15) is 20.8 Å². The van der Waals surface area contributed by atoms with Gasteiger partial charge < -0.3 is 14.0 Å². The Hall–Kier alpha value is -1.27. The molecule has 0 bridgehead atoms. The summed E-state index contributed by atoms with van der Waals surface area (Å²) in [6.07, 6.45) is 1.59. The summed E-state index contributed by atoms with van der Waals surface area (Å²) in [7, 11) is 1.23. The van der Waals surface area contributed by atoms with Crippen molar-refractivity contribution in [2.75, 3.05) is 39.1 Å². The van der Waals surface area contributed by atoms with E-state index in [1.807, 2.05) is 6.19 Å². The number of ether oxygens (including phenoxy) is 2. The Kier molecular flexibility index (Phi) is 11.5. The Bertz CT molecular complexity index is 497. The van der Waals surface area contributed by atoms with Crippen molar-refractivity contribution in [3.8, 4) is 6.19 Å². The number of hydrogen-bond acceptors (Lipinski definition) is 9. The van der Waals surface area contributed by atoms with Gasteiger partial charge in [0, 0.05) is 12.3 Å². The van der Waals surface area contributed by atoms with Gasteiger partial charge in [-0.15, -0.1) is 0 Å². The Morgan fingerprint density at radius 3 is 2.54 bits per heavy atom. The molecule has 9 nitrogen and oxygen atoms in total. The zero-order valence-electron chi connectivity index (χ0n) is 14.3. The molecule has 0 rings (SSSR count). The van der Waals surface area contributed by atoms with E-state index in [4.69, 9.17) is 14.5 Å². The zero-order chi connectivity index (χ0) is 18.6. The summed E-state index contributed by atoms with van der Waals surface area (Å²) in [5.41, 5.74) is 0. The summed E-state index contributed by atoms with van der Waals surface area (Å²) in [6.45, 7) is 1.76. The number of rotatable bonds is 12. The molecule has 0 fully saturated rings. The van der Waals surface area contributed by atoms with Gasteiger partial charge in [-0.2, -0.15) is 5.26 Å². The first kappa shape index (κ1) is 22.7. The lowest BCUT2D eigenvalue weighted by Crippen LogP contribution is -2.29. The molecule has 0 aromatic carbocycles. The van der Waals surface area contributed by atoms with Crippen LogP contribution in [0.4, 0.5) is 0 Å². The third-order valence-electron chi connectivity index (χ3n) is 2.39. The number of carbonyl (C=O) groups excluding carboxylic acids is 2. The highest BCUT2D eigenvalue weighted by Crippen LogP contribution is 2.55. The maximum absolute atomic E-state index is 12.6. The van der Waals surface area contributed by atoms with Crippen molar-refractivity contribution in [3.05, 3.63) is 0 Å². The van der Waals surface area contributed by atoms with Crippen LogP contribution in [0, 0.1) is 11.5 Å². The highest BCUT2D eigenvalue weighted by atomic mass is 32.7. The quantitative estimate of drug-likeness (QED) is 0.230. The van der Waals surface area contributed by atoms with Crippen LogP contribution >= 0.6 is 18.1 Å². The molecule has 0 saturated carbocycles. The highest BCUT2D eigenvalue weighted by molar-refractivity contribution is 8.56. The van der Waals surface area contributed by atoms with Crippen LogP contribution in [-0.2, 0) is 28.2 Å². The number of nitrogens with zero attached hydrogens (tertiary/aromatic N) is 2. The lowest BCUT2D eigenvalue weighted by atomic mass is 10.5. The predicted octanol–water partition coefficient (Wildman–Crippen LogP) is 1.36. The van der Waals surface area contributed by atoms with E-state index in [0.717, 1.165) is 11.4 Å². The van der Waals surface area contributed by atoms with Gasteiger partial charge >= 0.3 is 18.7 Å². The second kappa shape index (κ2) is 12.1. The van der Waals surface area contributed by atoms with Crippen LogP contribution in [0.2, 0.25) is 0 Å². The summed E-state index contributed by atoms with van der Waals surface area (Å²) in [5.74, 6) is -0.812. The molecule has 0 aromatic heterocycles. The van der Waals surface area contributed by atoms with E-state index in [1.54, 1.807) is 20.8 Å². The maximum atomic E-state index is 12.6. The van der Waals surface area contributed by atoms with Gasteiger partial charge in [-0.25, -0.2) is 5.09 Å². The fraction of sp³-hybridized carbons (Fsp3) is 0.769. The molecular weight excluding hydrogens is 357 g/mol. The van der Waals surface area contributed by atoms with Crippen LogP contribution in [0.3, 0.4) is 0 Å². The third-order valence-corrected chi connectivity index (χ3v) is 6.51. The summed E-state index contributed by atoms with van der Waals surface area (Å²) in [6, 6.07) is 0. The molecule has 0 aromatic rings. The molecule has 0 saturated heterocycles. The van der Waals surface area contributed by atoms with Gasteiger partial charge in [-0.1, -0.05) is 11.4 Å². The second-order valence-corrected chi connectivity index (χ2v) is 9.17. The topological polar surface area (TPSA) is 118 Å². The van der Waals surface area contributed by atoms with Gasteiger partial charge in [0.25, 0.3) is 0 Å². The normalized spacial score (nSPS) is 13.0. The zero-order valence-corrected chi connectivity index (χ0v) is 16.0. The summed E-state index contributed by atoms with van der Waals surface area (Å²) < 4.78 is 27.2. The Balaban J connectivity index is 4.44. The lowest BCUT2D eigenvalue weighted by molar-refractivity contribution is -0.146. The Morgan fingerprint density at radius 1 is 1.38 bits per heavy atom. The number of nitriles is 1. The number of methoxy groups -OCH3 is 1. The number of esters is 2. The van der Waals surface area contributed by atoms with E-state index in [1.165, 1.54) is 12.0 Å². The molecular formula is C13H24N3O6PS. The molecule has 1 unspecified atom stereocenters. The first-order valence-corrected chi connectivity index (χ1v) is 10.5. The van der Waals surface area contributed by atoms with Gasteiger partial charge in [-0.05, 0) is 20.8 Å². The molecule has 11 heteroatoms. The van der Waals surface area contributed by atoms with E-state index in [0.29, 0.717) is 0 Å². The van der Waals surface area contributed by atoms with Crippen LogP contribution in [0.5, 0.6) is 0 Å². The first-order chi connectivity index (χ1) is 11.3. The fourth-order valence-electron chi connectivity index (χ4n) is 1.42. The number of carbonyl (C=O) groups is 2. The predicted molar refractivity (Wildman–Crippen MR) is 90.1 cm³/mol. The standard InChI is InChI=1S/C13H24N3O6PS/c1-5-21-23(19,15-8-12(17)22-11(2)3)24-7-6-16(10-14)9-13(18)20-4/h11H,5-9H2,1-4H3,(H,15,19). The summed E-state index contributed by atoms with van der Waals surface area (Å²) in [5, 5.41) is 11.5. The van der Waals surface area contributed by atoms with E-state index in [9.17, 15) is 14.2 Å². The van der Waals surface area contributed by atoms with E-state index in [-0.39, 0.29) is 38.1 Å². The van der Waals surface area contributed by atoms with Crippen molar-refractivity contribution in [2.45, 2.75) is 26.9 Å². The van der Waals surface area contributed by atoms with Gasteiger partial charge in [0.05, 0.1) is 19.8 Å². The summed E-state index contributed by atoms with van der Waals surface area (Å²) in [4.78, 5) is 23.8. The van der Waals surface area contributed by atoms with Crippen molar-refractivity contribution in [1.82, 2.24) is 9.99 Å². The molecule has 0 amide bonds. The average Bonchev–Trinajstić information content (AvgIpc) is 2.51. The van der Waals surface area contributed by atoms with Crippen molar-refractivity contribution < 1.29 is 28.2 Å². The molecule has 0 heterocycles. The van der Waals surface area contributed by atoms with E-state index >= 15 is 0 Å². The smallest absolute Gasteiger partial charge is 0.327 e. The van der Waals surface area contributed by atoms with Crippen molar-refractivity contribution in [2.24, 2.45) is 0 Å². The van der Waals surface area contributed by atoms with Gasteiger partial charge in [0.15, 0.2) is 6.19 Å². The van der Waals surface area contributed by atoms with Crippen molar-refractivity contribution in [1.29, 1.82) is 5.26 Å². The minimum Gasteiger partial charge on any atom is -0.468 e. The molecule has 0 aliphatic heterocycles. The molecule has 138 valence electrons. The lowest BCUT2D eigenvalue weighted by Gasteiger charge is -2.19. The van der Waals surface area contributed by atoms with Crippen LogP contribution in [-0.4, -0.2) is 62.0 Å². The molecule has 24 heavy (non-hydrogen) atoms. The fourth-order valence-corrected chi connectivity index (χ4v) is 4.86. The molecule has 1 atom stereocenters. The van der Waals surface area contributed by atoms with Gasteiger partial charge in [0.1, 0.15) is 13.1 Å². The highest BCUT2D eigenvalue weighted by Gasteiger charge is 2.25. The van der Waals surface area contributed by atoms with Gasteiger partial charge in [-0.3, -0.25) is 19.1 Å². The largest absolute Gasteiger partial charge is 0.468 e. The summed E-state index contributed by atoms with van der Waals surface area (Å²) >= 11 is 0.957. The van der Waals surface area contributed by atoms with Crippen LogP contribution in [0.15, 0.2) is 0 Å². The monoisotopic (exact) mass is 381 g/mol. The van der Waals surface area contributed by atoms with Crippen molar-refractivity contribution in [3.63, 3.8) is 0 Å². The second-order valence-electron chi connectivity index (χ2n) is 4.72. The minimum absolute atomic E-state index is 0.180.